The molecule has 3 nitrogen and oxygen atoms in total. The number of hydrogen-bond acceptors (Lipinski definition) is 3. The van der Waals surface area contributed by atoms with Crippen molar-refractivity contribution in [3.8, 4) is 0 Å². The molecule has 4 heteroatoms. The van der Waals surface area contributed by atoms with E-state index in [0.717, 1.165) is 76.0 Å². The monoisotopic (exact) mass is 360 g/mol. The zero-order valence-electron chi connectivity index (χ0n) is 16.9. The average Bonchev–Trinajstić information content (AvgIpc) is 2.54. The second-order valence-electron chi connectivity index (χ2n) is 7.51. The van der Waals surface area contributed by atoms with E-state index >= 15 is 0 Å². The van der Waals surface area contributed by atoms with Gasteiger partial charge in [0.1, 0.15) is 0 Å². The molecule has 0 aliphatic heterocycles. The van der Waals surface area contributed by atoms with E-state index in [1.54, 1.807) is 0 Å². The molecule has 0 saturated carbocycles. The number of hydrogen-bond donors (Lipinski definition) is 0. The summed E-state index contributed by atoms with van der Waals surface area (Å²) in [7, 11) is 0. The van der Waals surface area contributed by atoms with E-state index in [1.807, 2.05) is 0 Å². The summed E-state index contributed by atoms with van der Waals surface area (Å²) in [6.07, 6.45) is 13.2. The quantitative estimate of drug-likeness (QED) is 0.259. The Hall–Kier alpha value is -0.430. The Balaban J connectivity index is 5.71. The average molecular weight is 361 g/mol. The van der Waals surface area contributed by atoms with E-state index in [9.17, 15) is 9.59 Å². The molecule has 0 amide bonds. The summed E-state index contributed by atoms with van der Waals surface area (Å²) in [6.45, 7) is 7.77. The summed E-state index contributed by atoms with van der Waals surface area (Å²) in [5.74, 6) is -0.354. The Morgan fingerprint density at radius 1 is 0.708 bits per heavy atom. The molecule has 24 heavy (non-hydrogen) atoms. The number of carbonyl (C=O) groups excluding carboxylic acids is 2. The van der Waals surface area contributed by atoms with E-state index in [0.29, 0.717) is 0 Å². The van der Waals surface area contributed by atoms with Crippen LogP contribution in [0.5, 0.6) is 0 Å². The SMILES string of the molecule is CCCCP(CCCC)(CCCC)(CCCC)OC(=O)CC(C)=O. The summed E-state index contributed by atoms with van der Waals surface area (Å²) in [5.41, 5.74) is 0. The van der Waals surface area contributed by atoms with Crippen molar-refractivity contribution >= 4 is 18.6 Å². The Labute approximate surface area is 150 Å². The van der Waals surface area contributed by atoms with Crippen molar-refractivity contribution in [2.75, 3.05) is 24.6 Å². The van der Waals surface area contributed by atoms with Crippen molar-refractivity contribution in [2.45, 2.75) is 92.4 Å². The van der Waals surface area contributed by atoms with Crippen molar-refractivity contribution in [3.63, 3.8) is 0 Å². The molecule has 0 aromatic rings. The van der Waals surface area contributed by atoms with Crippen LogP contribution in [-0.4, -0.2) is 36.4 Å². The topological polar surface area (TPSA) is 43.4 Å². The number of unbranched alkanes of at least 4 members (excludes halogenated alkanes) is 4. The van der Waals surface area contributed by atoms with Crippen LogP contribution in [0, 0.1) is 0 Å². The van der Waals surface area contributed by atoms with E-state index < -0.39 is 6.83 Å². The van der Waals surface area contributed by atoms with Gasteiger partial charge in [0.15, 0.2) is 0 Å². The van der Waals surface area contributed by atoms with Crippen molar-refractivity contribution in [1.29, 1.82) is 0 Å². The van der Waals surface area contributed by atoms with Gasteiger partial charge >= 0.3 is 150 Å². The predicted molar refractivity (Wildman–Crippen MR) is 107 cm³/mol. The zero-order chi connectivity index (χ0) is 18.5. The molecule has 0 heterocycles. The number of rotatable bonds is 15. The van der Waals surface area contributed by atoms with Crippen LogP contribution in [0.2, 0.25) is 0 Å². The number of Topliss-reactive ketones (excluding diaryl/α,β-unsaturated/α-hetero) is 1. The van der Waals surface area contributed by atoms with Crippen molar-refractivity contribution < 1.29 is 14.1 Å². The second kappa shape index (κ2) is 12.0. The fraction of sp³-hybridized carbons (Fsp3) is 0.900. The maximum absolute atomic E-state index is 12.5. The zero-order valence-corrected chi connectivity index (χ0v) is 17.8. The van der Waals surface area contributed by atoms with Crippen molar-refractivity contribution in [2.24, 2.45) is 0 Å². The third kappa shape index (κ3) is 8.10. The molecule has 0 aromatic heterocycles. The standard InChI is InChI=1S/C20H41O3P/c1-6-10-14-24(15-11-7-2,16-12-8-3,17-13-9-4)23-20(22)18-19(5)21/h6-18H2,1-5H3. The van der Waals surface area contributed by atoms with Crippen LogP contribution in [0.1, 0.15) is 92.4 Å². The summed E-state index contributed by atoms with van der Waals surface area (Å²) in [6, 6.07) is 0. The molecule has 0 radical (unpaired) electrons. The van der Waals surface area contributed by atoms with Crippen LogP contribution in [0.15, 0.2) is 0 Å². The summed E-state index contributed by atoms with van der Waals surface area (Å²) in [5, 5.41) is 0. The molecule has 0 fully saturated rings. The van der Waals surface area contributed by atoms with Gasteiger partial charge in [-0.3, -0.25) is 0 Å². The van der Waals surface area contributed by atoms with Gasteiger partial charge in [0, 0.05) is 0 Å². The molecule has 0 N–H and O–H groups in total. The first-order valence-corrected chi connectivity index (χ1v) is 13.0. The van der Waals surface area contributed by atoms with Crippen LogP contribution in [0.4, 0.5) is 0 Å². The molecule has 0 aromatic carbocycles. The Morgan fingerprint density at radius 3 is 1.29 bits per heavy atom. The molecule has 0 rings (SSSR count). The first-order chi connectivity index (χ1) is 11.4. The van der Waals surface area contributed by atoms with Gasteiger partial charge in [0.25, 0.3) is 0 Å². The Kier molecular flexibility index (Phi) is 11.8. The second-order valence-corrected chi connectivity index (χ2v) is 13.2. The molecular weight excluding hydrogens is 319 g/mol. The van der Waals surface area contributed by atoms with Crippen LogP contribution in [0.25, 0.3) is 0 Å². The van der Waals surface area contributed by atoms with E-state index in [2.05, 4.69) is 27.7 Å². The van der Waals surface area contributed by atoms with Gasteiger partial charge in [-0.1, -0.05) is 0 Å². The first-order valence-electron chi connectivity index (χ1n) is 10.1. The molecule has 0 bridgehead atoms. The molecule has 0 aliphatic carbocycles. The van der Waals surface area contributed by atoms with E-state index in [-0.39, 0.29) is 18.2 Å². The molecule has 0 spiro atoms. The van der Waals surface area contributed by atoms with Crippen LogP contribution >= 0.6 is 6.83 Å². The van der Waals surface area contributed by atoms with Gasteiger partial charge in [-0.05, 0) is 0 Å². The Bertz CT molecular complexity index is 336. The van der Waals surface area contributed by atoms with E-state index in [4.69, 9.17) is 4.52 Å². The third-order valence-corrected chi connectivity index (χ3v) is 11.6. The molecule has 0 unspecified atom stereocenters. The van der Waals surface area contributed by atoms with Crippen molar-refractivity contribution in [3.05, 3.63) is 0 Å². The molecule has 0 saturated heterocycles. The van der Waals surface area contributed by atoms with Crippen LogP contribution in [0.3, 0.4) is 0 Å². The minimum absolute atomic E-state index is 0.0611. The van der Waals surface area contributed by atoms with Gasteiger partial charge in [-0.25, -0.2) is 0 Å². The minimum atomic E-state index is -2.56. The Morgan fingerprint density at radius 2 is 1.04 bits per heavy atom. The maximum atomic E-state index is 12.5. The molecule has 0 atom stereocenters. The van der Waals surface area contributed by atoms with Gasteiger partial charge in [-0.15, -0.1) is 0 Å². The molecular formula is C20H41O3P. The van der Waals surface area contributed by atoms with E-state index in [1.165, 1.54) is 6.92 Å². The number of ketones is 1. The van der Waals surface area contributed by atoms with Gasteiger partial charge in [0.05, 0.1) is 0 Å². The first kappa shape index (κ1) is 23.6. The summed E-state index contributed by atoms with van der Waals surface area (Å²) >= 11 is 0. The fourth-order valence-corrected chi connectivity index (χ4v) is 10.4. The normalized spacial score (nSPS) is 13.3. The molecule has 0 aliphatic rings. The van der Waals surface area contributed by atoms with Crippen LogP contribution in [-0.2, 0) is 14.1 Å². The van der Waals surface area contributed by atoms with Crippen molar-refractivity contribution in [1.82, 2.24) is 0 Å². The predicted octanol–water partition coefficient (Wildman–Crippen LogP) is 6.18. The van der Waals surface area contributed by atoms with Gasteiger partial charge in [-0.2, -0.15) is 0 Å². The fourth-order valence-electron chi connectivity index (χ4n) is 3.61. The third-order valence-electron chi connectivity index (χ3n) is 5.06. The van der Waals surface area contributed by atoms with Gasteiger partial charge < -0.3 is 0 Å². The number of carbonyl (C=O) groups is 2. The van der Waals surface area contributed by atoms with Crippen LogP contribution < -0.4 is 0 Å². The van der Waals surface area contributed by atoms with Gasteiger partial charge in [0.2, 0.25) is 0 Å². The summed E-state index contributed by atoms with van der Waals surface area (Å²) < 4.78 is 6.42. The molecule has 144 valence electrons. The summed E-state index contributed by atoms with van der Waals surface area (Å²) in [4.78, 5) is 23.9.